The highest BCUT2D eigenvalue weighted by atomic mass is 35.5. The van der Waals surface area contributed by atoms with E-state index < -0.39 is 0 Å². The van der Waals surface area contributed by atoms with E-state index in [2.05, 4.69) is 5.43 Å². The average molecular weight is 305 g/mol. The van der Waals surface area contributed by atoms with E-state index in [1.807, 2.05) is 49.2 Å². The van der Waals surface area contributed by atoms with Gasteiger partial charge in [0, 0.05) is 5.56 Å². The third-order valence-electron chi connectivity index (χ3n) is 3.63. The molecule has 0 aromatic heterocycles. The van der Waals surface area contributed by atoms with Crippen molar-refractivity contribution in [3.8, 4) is 11.5 Å². The quantitative estimate of drug-likeness (QED) is 0.827. The van der Waals surface area contributed by atoms with Crippen LogP contribution < -0.4 is 15.2 Å². The molecule has 3 rings (SSSR count). The molecular weight excluding hydrogens is 288 g/mol. The summed E-state index contributed by atoms with van der Waals surface area (Å²) >= 11 is 6.22. The van der Waals surface area contributed by atoms with Gasteiger partial charge in [-0.25, -0.2) is 0 Å². The fraction of sp³-hybridized carbons (Fsp3) is 0.250. The second-order valence-corrected chi connectivity index (χ2v) is 5.32. The third-order valence-corrected chi connectivity index (χ3v) is 4.03. The molecule has 4 nitrogen and oxygen atoms in total. The molecule has 2 aromatic rings. The number of hydrogen-bond acceptors (Lipinski definition) is 4. The number of rotatable bonds is 3. The van der Waals surface area contributed by atoms with Crippen molar-refractivity contribution in [2.45, 2.75) is 19.9 Å². The van der Waals surface area contributed by atoms with Gasteiger partial charge < -0.3 is 9.84 Å². The van der Waals surface area contributed by atoms with Crippen LogP contribution in [-0.2, 0) is 0 Å². The van der Waals surface area contributed by atoms with Gasteiger partial charge in [0.15, 0.2) is 0 Å². The minimum atomic E-state index is 0.0255. The summed E-state index contributed by atoms with van der Waals surface area (Å²) < 4.78 is 5.45. The number of phenolic OH excluding ortho intramolecular Hbond substituents is 1. The number of fused-ring (bicyclic) bond motifs is 1. The Bertz CT molecular complexity index is 658. The number of aromatic hydroxyl groups is 1. The summed E-state index contributed by atoms with van der Waals surface area (Å²) in [4.78, 5) is 0. The van der Waals surface area contributed by atoms with Crippen LogP contribution >= 0.6 is 11.6 Å². The summed E-state index contributed by atoms with van der Waals surface area (Å²) in [5.41, 5.74) is 6.15. The number of phenols is 1. The Morgan fingerprint density at radius 3 is 2.62 bits per heavy atom. The molecule has 0 spiro atoms. The van der Waals surface area contributed by atoms with Crippen molar-refractivity contribution in [1.82, 2.24) is 0 Å². The number of halogens is 1. The molecule has 110 valence electrons. The Labute approximate surface area is 128 Å². The van der Waals surface area contributed by atoms with E-state index in [0.29, 0.717) is 11.6 Å². The molecule has 1 atom stereocenters. The molecule has 1 unspecified atom stereocenters. The summed E-state index contributed by atoms with van der Waals surface area (Å²) in [6.45, 7) is 4.65. The lowest BCUT2D eigenvalue weighted by Crippen LogP contribution is -2.25. The van der Waals surface area contributed by atoms with Crippen molar-refractivity contribution < 1.29 is 9.84 Å². The van der Waals surface area contributed by atoms with Gasteiger partial charge in [0.25, 0.3) is 0 Å². The highest BCUT2D eigenvalue weighted by Gasteiger charge is 2.30. The number of hydrogen-bond donors (Lipinski definition) is 2. The van der Waals surface area contributed by atoms with Crippen molar-refractivity contribution in [2.24, 2.45) is 0 Å². The van der Waals surface area contributed by atoms with Crippen LogP contribution in [0.3, 0.4) is 0 Å². The highest BCUT2D eigenvalue weighted by molar-refractivity contribution is 6.33. The topological polar surface area (TPSA) is 44.7 Å². The molecule has 1 aliphatic heterocycles. The van der Waals surface area contributed by atoms with Crippen LogP contribution in [0.2, 0.25) is 5.02 Å². The van der Waals surface area contributed by atoms with Crippen LogP contribution in [0.4, 0.5) is 11.4 Å². The van der Waals surface area contributed by atoms with Gasteiger partial charge in [-0.05, 0) is 50.2 Å². The van der Waals surface area contributed by atoms with E-state index in [0.717, 1.165) is 22.7 Å². The lowest BCUT2D eigenvalue weighted by Gasteiger charge is -2.24. The van der Waals surface area contributed by atoms with E-state index in [-0.39, 0.29) is 11.8 Å². The number of nitrogens with zero attached hydrogens (tertiary/aromatic N) is 1. The van der Waals surface area contributed by atoms with Crippen LogP contribution in [-0.4, -0.2) is 11.7 Å². The van der Waals surface area contributed by atoms with Crippen molar-refractivity contribution >= 4 is 23.0 Å². The normalized spacial score (nSPS) is 16.5. The van der Waals surface area contributed by atoms with Crippen molar-refractivity contribution in [2.75, 3.05) is 17.0 Å². The average Bonchev–Trinajstić information content (AvgIpc) is 2.82. The maximum absolute atomic E-state index is 9.76. The molecule has 0 saturated heterocycles. The SMILES string of the molecule is CCOc1ccc(N2Nc3ccc(O)c(Cl)c3C2C)cc1. The molecule has 21 heavy (non-hydrogen) atoms. The van der Waals surface area contributed by atoms with Crippen molar-refractivity contribution in [1.29, 1.82) is 0 Å². The Kier molecular flexibility index (Phi) is 3.55. The summed E-state index contributed by atoms with van der Waals surface area (Å²) in [5, 5.41) is 12.2. The van der Waals surface area contributed by atoms with Gasteiger partial charge in [0.05, 0.1) is 29.0 Å². The Hall–Kier alpha value is -2.07. The van der Waals surface area contributed by atoms with Gasteiger partial charge in [-0.15, -0.1) is 0 Å². The number of hydrazine groups is 1. The predicted octanol–water partition coefficient (Wildman–Crippen LogP) is 4.35. The minimum absolute atomic E-state index is 0.0255. The molecule has 2 aromatic carbocycles. The van der Waals surface area contributed by atoms with Gasteiger partial charge >= 0.3 is 0 Å². The minimum Gasteiger partial charge on any atom is -0.506 e. The molecule has 0 radical (unpaired) electrons. The second kappa shape index (κ2) is 5.37. The molecule has 0 aliphatic carbocycles. The largest absolute Gasteiger partial charge is 0.506 e. The summed E-state index contributed by atoms with van der Waals surface area (Å²) in [7, 11) is 0. The number of anilines is 2. The van der Waals surface area contributed by atoms with E-state index in [1.54, 1.807) is 6.07 Å². The molecule has 1 aliphatic rings. The van der Waals surface area contributed by atoms with Crippen LogP contribution in [0.5, 0.6) is 11.5 Å². The van der Waals surface area contributed by atoms with Crippen LogP contribution in [0.1, 0.15) is 25.5 Å². The number of nitrogens with one attached hydrogen (secondary N) is 1. The zero-order valence-corrected chi connectivity index (χ0v) is 12.7. The summed E-state index contributed by atoms with van der Waals surface area (Å²) in [6.07, 6.45) is 0. The van der Waals surface area contributed by atoms with Crippen LogP contribution in [0.15, 0.2) is 36.4 Å². The number of benzene rings is 2. The summed E-state index contributed by atoms with van der Waals surface area (Å²) in [6, 6.07) is 11.3. The predicted molar refractivity (Wildman–Crippen MR) is 85.2 cm³/mol. The van der Waals surface area contributed by atoms with Crippen LogP contribution in [0.25, 0.3) is 0 Å². The maximum atomic E-state index is 9.76. The first-order valence-corrected chi connectivity index (χ1v) is 7.29. The van der Waals surface area contributed by atoms with E-state index >= 15 is 0 Å². The smallest absolute Gasteiger partial charge is 0.134 e. The zero-order valence-electron chi connectivity index (χ0n) is 11.9. The molecule has 2 N–H and O–H groups in total. The third kappa shape index (κ3) is 2.36. The fourth-order valence-electron chi connectivity index (χ4n) is 2.60. The van der Waals surface area contributed by atoms with E-state index in [9.17, 15) is 5.11 Å². The maximum Gasteiger partial charge on any atom is 0.134 e. The Balaban J connectivity index is 1.90. The van der Waals surface area contributed by atoms with Gasteiger partial charge in [-0.2, -0.15) is 0 Å². The number of ether oxygens (including phenoxy) is 1. The van der Waals surface area contributed by atoms with Gasteiger partial charge in [-0.1, -0.05) is 11.6 Å². The van der Waals surface area contributed by atoms with Gasteiger partial charge in [0.1, 0.15) is 11.5 Å². The van der Waals surface area contributed by atoms with E-state index in [1.165, 1.54) is 0 Å². The molecule has 0 bridgehead atoms. The lowest BCUT2D eigenvalue weighted by atomic mass is 10.1. The molecular formula is C16H17ClN2O2. The first kappa shape index (κ1) is 13.9. The van der Waals surface area contributed by atoms with Crippen molar-refractivity contribution in [3.63, 3.8) is 0 Å². The molecule has 0 fully saturated rings. The van der Waals surface area contributed by atoms with Crippen LogP contribution in [0, 0.1) is 0 Å². The first-order valence-electron chi connectivity index (χ1n) is 6.92. The Morgan fingerprint density at radius 1 is 1.24 bits per heavy atom. The fourth-order valence-corrected chi connectivity index (χ4v) is 2.92. The standard InChI is InChI=1S/C16H17ClN2O2/c1-3-21-12-6-4-11(5-7-12)19-10(2)15-13(18-19)8-9-14(20)16(15)17/h4-10,18,20H,3H2,1-2H3. The van der Waals surface area contributed by atoms with Gasteiger partial charge in [0.2, 0.25) is 0 Å². The molecule has 1 heterocycles. The summed E-state index contributed by atoms with van der Waals surface area (Å²) in [5.74, 6) is 0.957. The second-order valence-electron chi connectivity index (χ2n) is 4.94. The highest BCUT2D eigenvalue weighted by Crippen LogP contribution is 2.45. The monoisotopic (exact) mass is 304 g/mol. The lowest BCUT2D eigenvalue weighted by molar-refractivity contribution is 0.340. The Morgan fingerprint density at radius 2 is 1.95 bits per heavy atom. The van der Waals surface area contributed by atoms with E-state index in [4.69, 9.17) is 16.3 Å². The first-order chi connectivity index (χ1) is 10.1. The van der Waals surface area contributed by atoms with Gasteiger partial charge in [-0.3, -0.25) is 10.4 Å². The zero-order chi connectivity index (χ0) is 15.0. The molecule has 0 saturated carbocycles. The molecule has 5 heteroatoms. The molecule has 0 amide bonds. The van der Waals surface area contributed by atoms with Crippen molar-refractivity contribution in [3.05, 3.63) is 47.0 Å².